The van der Waals surface area contributed by atoms with Crippen molar-refractivity contribution in [3.63, 3.8) is 0 Å². The Hall–Kier alpha value is -3.47. The molecule has 0 fully saturated rings. The van der Waals surface area contributed by atoms with Gasteiger partial charge in [0.2, 0.25) is 5.82 Å². The molecule has 2 aromatic carbocycles. The van der Waals surface area contributed by atoms with Gasteiger partial charge in [0.05, 0.1) is 5.56 Å². The fraction of sp³-hybridized carbons (Fsp3) is 0.136. The van der Waals surface area contributed by atoms with Gasteiger partial charge in [-0.3, -0.25) is 0 Å². The van der Waals surface area contributed by atoms with Crippen LogP contribution in [0, 0.1) is 13.8 Å². The first-order valence-corrected chi connectivity index (χ1v) is 8.84. The predicted octanol–water partition coefficient (Wildman–Crippen LogP) is 5.03. The Morgan fingerprint density at radius 3 is 2.59 bits per heavy atom. The van der Waals surface area contributed by atoms with Crippen molar-refractivity contribution in [1.82, 2.24) is 15.1 Å². The monoisotopic (exact) mass is 356 g/mol. The summed E-state index contributed by atoms with van der Waals surface area (Å²) in [5.74, 6) is 1.85. The lowest BCUT2D eigenvalue weighted by Gasteiger charge is -2.08. The zero-order chi connectivity index (χ0) is 18.6. The van der Waals surface area contributed by atoms with Gasteiger partial charge in [0.25, 0.3) is 5.89 Å². The van der Waals surface area contributed by atoms with Crippen LogP contribution in [-0.4, -0.2) is 15.1 Å². The van der Waals surface area contributed by atoms with Crippen LogP contribution in [-0.2, 0) is 6.54 Å². The lowest BCUT2D eigenvalue weighted by molar-refractivity contribution is 0.432. The second-order valence-electron chi connectivity index (χ2n) is 6.50. The summed E-state index contributed by atoms with van der Waals surface area (Å²) in [6.45, 7) is 4.88. The number of aromatic nitrogens is 3. The first kappa shape index (κ1) is 17.0. The Morgan fingerprint density at radius 1 is 0.926 bits per heavy atom. The van der Waals surface area contributed by atoms with Gasteiger partial charge in [0.1, 0.15) is 5.82 Å². The van der Waals surface area contributed by atoms with Crippen molar-refractivity contribution >= 4 is 5.82 Å². The van der Waals surface area contributed by atoms with Gasteiger partial charge in [-0.25, -0.2) is 4.98 Å². The minimum absolute atomic E-state index is 0.462. The summed E-state index contributed by atoms with van der Waals surface area (Å²) in [6.07, 6.45) is 1.74. The average molecular weight is 356 g/mol. The number of hydrogen-bond acceptors (Lipinski definition) is 5. The van der Waals surface area contributed by atoms with Crippen molar-refractivity contribution in [2.75, 3.05) is 5.32 Å². The van der Waals surface area contributed by atoms with Crippen LogP contribution >= 0.6 is 0 Å². The van der Waals surface area contributed by atoms with Gasteiger partial charge in [-0.1, -0.05) is 53.2 Å². The highest BCUT2D eigenvalue weighted by Gasteiger charge is 2.11. The van der Waals surface area contributed by atoms with Gasteiger partial charge in [0.15, 0.2) is 0 Å². The summed E-state index contributed by atoms with van der Waals surface area (Å²) in [5, 5.41) is 7.42. The highest BCUT2D eigenvalue weighted by atomic mass is 16.5. The highest BCUT2D eigenvalue weighted by molar-refractivity contribution is 5.60. The van der Waals surface area contributed by atoms with Crippen molar-refractivity contribution < 1.29 is 4.52 Å². The van der Waals surface area contributed by atoms with Crippen LogP contribution in [0.3, 0.4) is 0 Å². The minimum atomic E-state index is 0.462. The maximum atomic E-state index is 5.41. The summed E-state index contributed by atoms with van der Waals surface area (Å²) in [7, 11) is 0. The molecule has 0 spiro atoms. The molecule has 0 atom stereocenters. The van der Waals surface area contributed by atoms with Crippen LogP contribution in [0.5, 0.6) is 0 Å². The van der Waals surface area contributed by atoms with Crippen molar-refractivity contribution in [1.29, 1.82) is 0 Å². The molecule has 0 aliphatic rings. The Bertz CT molecular complexity index is 1050. The molecule has 27 heavy (non-hydrogen) atoms. The highest BCUT2D eigenvalue weighted by Crippen LogP contribution is 2.23. The molecule has 4 aromatic rings. The van der Waals surface area contributed by atoms with Crippen molar-refractivity contribution in [3.05, 3.63) is 83.6 Å². The topological polar surface area (TPSA) is 63.8 Å². The second-order valence-corrected chi connectivity index (χ2v) is 6.50. The zero-order valence-electron chi connectivity index (χ0n) is 15.3. The largest absolute Gasteiger partial charge is 0.366 e. The lowest BCUT2D eigenvalue weighted by Crippen LogP contribution is -2.02. The molecule has 4 rings (SSSR count). The smallest absolute Gasteiger partial charge is 0.259 e. The number of nitrogens with zero attached hydrogens (tertiary/aromatic N) is 3. The molecule has 0 amide bonds. The van der Waals surface area contributed by atoms with E-state index in [0.717, 1.165) is 29.1 Å². The molecule has 5 nitrogen and oxygen atoms in total. The van der Waals surface area contributed by atoms with Gasteiger partial charge >= 0.3 is 0 Å². The molecule has 134 valence electrons. The first-order chi connectivity index (χ1) is 13.2. The Labute approximate surface area is 158 Å². The van der Waals surface area contributed by atoms with E-state index in [9.17, 15) is 0 Å². The molecular weight excluding hydrogens is 336 g/mol. The van der Waals surface area contributed by atoms with Gasteiger partial charge in [-0.15, -0.1) is 0 Å². The molecule has 0 aliphatic carbocycles. The van der Waals surface area contributed by atoms with Crippen LogP contribution in [0.4, 0.5) is 5.82 Å². The molecule has 2 aromatic heterocycles. The fourth-order valence-electron chi connectivity index (χ4n) is 2.86. The number of pyridine rings is 1. The average Bonchev–Trinajstić information content (AvgIpc) is 3.18. The number of benzene rings is 2. The molecule has 1 N–H and O–H groups in total. The summed E-state index contributed by atoms with van der Waals surface area (Å²) in [5.41, 5.74) is 5.40. The third-order valence-electron chi connectivity index (χ3n) is 4.43. The van der Waals surface area contributed by atoms with Crippen molar-refractivity contribution in [2.45, 2.75) is 20.4 Å². The molecule has 0 radical (unpaired) electrons. The molecule has 5 heteroatoms. The van der Waals surface area contributed by atoms with E-state index >= 15 is 0 Å². The van der Waals surface area contributed by atoms with Gasteiger partial charge in [-0.2, -0.15) is 4.98 Å². The minimum Gasteiger partial charge on any atom is -0.366 e. The van der Waals surface area contributed by atoms with E-state index in [1.54, 1.807) is 6.20 Å². The van der Waals surface area contributed by atoms with Crippen LogP contribution < -0.4 is 5.32 Å². The Balaban J connectivity index is 1.47. The van der Waals surface area contributed by atoms with E-state index in [4.69, 9.17) is 4.52 Å². The molecule has 0 bridgehead atoms. The summed E-state index contributed by atoms with van der Waals surface area (Å²) < 4.78 is 5.41. The molecular formula is C22H20N4O. The van der Waals surface area contributed by atoms with Crippen molar-refractivity contribution in [3.8, 4) is 22.8 Å². The summed E-state index contributed by atoms with van der Waals surface area (Å²) >= 11 is 0. The van der Waals surface area contributed by atoms with E-state index in [2.05, 4.69) is 39.5 Å². The van der Waals surface area contributed by atoms with E-state index in [1.165, 1.54) is 11.1 Å². The quantitative estimate of drug-likeness (QED) is 0.543. The zero-order valence-corrected chi connectivity index (χ0v) is 15.3. The third kappa shape index (κ3) is 3.87. The molecule has 2 heterocycles. The fourth-order valence-corrected chi connectivity index (χ4v) is 2.86. The van der Waals surface area contributed by atoms with E-state index in [0.29, 0.717) is 11.7 Å². The number of nitrogens with one attached hydrogen (secondary N) is 1. The van der Waals surface area contributed by atoms with Crippen LogP contribution in [0.15, 0.2) is 71.4 Å². The molecule has 0 saturated heterocycles. The molecule has 0 saturated carbocycles. The van der Waals surface area contributed by atoms with Gasteiger partial charge in [0, 0.05) is 18.3 Å². The SMILES string of the molecule is Cc1cccc(-c2noc(-c3ccc(NCc4ccccc4C)nc3)n2)c1. The van der Waals surface area contributed by atoms with Crippen LogP contribution in [0.25, 0.3) is 22.8 Å². The van der Waals surface area contributed by atoms with E-state index in [-0.39, 0.29) is 0 Å². The summed E-state index contributed by atoms with van der Waals surface area (Å²) in [4.78, 5) is 8.95. The molecule has 0 aliphatic heterocycles. The summed E-state index contributed by atoms with van der Waals surface area (Å²) in [6, 6.07) is 20.2. The normalized spacial score (nSPS) is 10.7. The Kier molecular flexibility index (Phi) is 4.66. The van der Waals surface area contributed by atoms with E-state index in [1.807, 2.05) is 55.5 Å². The van der Waals surface area contributed by atoms with Crippen LogP contribution in [0.1, 0.15) is 16.7 Å². The number of rotatable bonds is 5. The predicted molar refractivity (Wildman–Crippen MR) is 106 cm³/mol. The molecule has 0 unspecified atom stereocenters. The number of hydrogen-bond donors (Lipinski definition) is 1. The van der Waals surface area contributed by atoms with Crippen molar-refractivity contribution in [2.24, 2.45) is 0 Å². The Morgan fingerprint density at radius 2 is 1.81 bits per heavy atom. The number of anilines is 1. The van der Waals surface area contributed by atoms with E-state index < -0.39 is 0 Å². The van der Waals surface area contributed by atoms with Gasteiger partial charge in [-0.05, 0) is 43.2 Å². The van der Waals surface area contributed by atoms with Gasteiger partial charge < -0.3 is 9.84 Å². The maximum Gasteiger partial charge on any atom is 0.259 e. The third-order valence-corrected chi connectivity index (χ3v) is 4.43. The van der Waals surface area contributed by atoms with Crippen LogP contribution in [0.2, 0.25) is 0 Å². The standard InChI is InChI=1S/C22H20N4O/c1-15-6-5-9-17(12-15)21-25-22(27-26-21)19-10-11-20(24-14-19)23-13-18-8-4-3-7-16(18)2/h3-12,14H,13H2,1-2H3,(H,23,24). The maximum absolute atomic E-state index is 5.41. The number of aryl methyl sites for hydroxylation is 2. The lowest BCUT2D eigenvalue weighted by atomic mass is 10.1. The second kappa shape index (κ2) is 7.41. The first-order valence-electron chi connectivity index (χ1n) is 8.84.